The number of rotatable bonds is 5. The number of hydrogen-bond acceptors (Lipinski definition) is 3. The first-order chi connectivity index (χ1) is 12.3. The predicted molar refractivity (Wildman–Crippen MR) is 98.6 cm³/mol. The molecule has 0 fully saturated rings. The van der Waals surface area contributed by atoms with Crippen LogP contribution in [-0.4, -0.2) is 28.3 Å². The second kappa shape index (κ2) is 7.11. The summed E-state index contributed by atoms with van der Waals surface area (Å²) in [5, 5.41) is 4.31. The topological polar surface area (TPSA) is 30.3 Å². The van der Waals surface area contributed by atoms with E-state index in [0.29, 0.717) is 0 Å². The molecule has 1 aromatic heterocycles. The number of benzene rings is 2. The summed E-state index contributed by atoms with van der Waals surface area (Å²) < 4.78 is 7.46. The Balaban J connectivity index is 1.51. The van der Waals surface area contributed by atoms with Gasteiger partial charge in [-0.3, -0.25) is 9.58 Å². The Kier molecular flexibility index (Phi) is 4.53. The Morgan fingerprint density at radius 3 is 2.72 bits per heavy atom. The molecule has 2 heterocycles. The molecular weight excluding hydrogens is 310 g/mol. The Hall–Kier alpha value is -2.59. The minimum atomic E-state index is 0.729. The highest BCUT2D eigenvalue weighted by atomic mass is 16.5. The fourth-order valence-electron chi connectivity index (χ4n) is 3.57. The zero-order valence-electron chi connectivity index (χ0n) is 14.6. The van der Waals surface area contributed by atoms with Crippen LogP contribution in [0.3, 0.4) is 0 Å². The van der Waals surface area contributed by atoms with Gasteiger partial charge in [0.15, 0.2) is 0 Å². The molecular formula is C21H23N3O. The van der Waals surface area contributed by atoms with Gasteiger partial charge in [0.05, 0.1) is 13.7 Å². The summed E-state index contributed by atoms with van der Waals surface area (Å²) in [4.78, 5) is 2.52. The van der Waals surface area contributed by atoms with Gasteiger partial charge in [-0.05, 0) is 41.3 Å². The maximum absolute atomic E-state index is 5.53. The van der Waals surface area contributed by atoms with Crippen molar-refractivity contribution in [3.63, 3.8) is 0 Å². The van der Waals surface area contributed by atoms with E-state index in [2.05, 4.69) is 52.5 Å². The number of methoxy groups -OCH3 is 1. The molecule has 0 aliphatic carbocycles. The molecule has 3 aromatic rings. The molecule has 1 aliphatic rings. The van der Waals surface area contributed by atoms with Crippen LogP contribution >= 0.6 is 0 Å². The predicted octanol–water partition coefficient (Wildman–Crippen LogP) is 3.50. The van der Waals surface area contributed by atoms with Crippen LogP contribution in [0.15, 0.2) is 60.9 Å². The Morgan fingerprint density at radius 1 is 1.04 bits per heavy atom. The van der Waals surface area contributed by atoms with Gasteiger partial charge >= 0.3 is 0 Å². The molecule has 0 spiro atoms. The maximum atomic E-state index is 5.53. The molecule has 0 amide bonds. The van der Waals surface area contributed by atoms with Gasteiger partial charge in [0.2, 0.25) is 0 Å². The van der Waals surface area contributed by atoms with Crippen molar-refractivity contribution in [1.82, 2.24) is 14.7 Å². The van der Waals surface area contributed by atoms with E-state index < -0.39 is 0 Å². The zero-order chi connectivity index (χ0) is 17.1. The third-order valence-electron chi connectivity index (χ3n) is 4.85. The molecule has 0 unspecified atom stereocenters. The monoisotopic (exact) mass is 333 g/mol. The number of nitrogens with zero attached hydrogens (tertiary/aromatic N) is 3. The van der Waals surface area contributed by atoms with E-state index in [0.717, 1.165) is 38.3 Å². The lowest BCUT2D eigenvalue weighted by Gasteiger charge is -2.29. The van der Waals surface area contributed by atoms with Gasteiger partial charge in [0.1, 0.15) is 5.75 Å². The van der Waals surface area contributed by atoms with E-state index in [1.165, 1.54) is 22.3 Å². The zero-order valence-corrected chi connectivity index (χ0v) is 14.6. The fraction of sp³-hybridized carbons (Fsp3) is 0.286. The first kappa shape index (κ1) is 15.9. The van der Waals surface area contributed by atoms with Gasteiger partial charge < -0.3 is 4.74 Å². The standard InChI is InChI=1S/C21H23N3O/c1-25-21-8-7-17(13-20(21)16-24-11-4-10-22-24)14-23-12-9-18-5-2-3-6-19(18)15-23/h2-8,10-11,13H,9,12,14-16H2,1H3. The Bertz CT molecular complexity index is 842. The fourth-order valence-corrected chi connectivity index (χ4v) is 3.57. The number of ether oxygens (including phenoxy) is 1. The summed E-state index contributed by atoms with van der Waals surface area (Å²) in [6.45, 7) is 3.82. The number of fused-ring (bicyclic) bond motifs is 1. The van der Waals surface area contributed by atoms with E-state index in [-0.39, 0.29) is 0 Å². The largest absolute Gasteiger partial charge is 0.496 e. The first-order valence-electron chi connectivity index (χ1n) is 8.74. The summed E-state index contributed by atoms with van der Waals surface area (Å²) in [6, 6.07) is 17.2. The van der Waals surface area contributed by atoms with E-state index >= 15 is 0 Å². The highest BCUT2D eigenvalue weighted by Crippen LogP contribution is 2.24. The van der Waals surface area contributed by atoms with Crippen LogP contribution in [0.5, 0.6) is 5.75 Å². The second-order valence-corrected chi connectivity index (χ2v) is 6.58. The normalized spacial score (nSPS) is 14.3. The summed E-state index contributed by atoms with van der Waals surface area (Å²) >= 11 is 0. The van der Waals surface area contributed by atoms with Crippen LogP contribution in [-0.2, 0) is 26.1 Å². The molecule has 4 nitrogen and oxygen atoms in total. The van der Waals surface area contributed by atoms with E-state index in [4.69, 9.17) is 4.74 Å². The van der Waals surface area contributed by atoms with Crippen molar-refractivity contribution in [1.29, 1.82) is 0 Å². The third kappa shape index (κ3) is 3.59. The van der Waals surface area contributed by atoms with Crippen LogP contribution in [0.25, 0.3) is 0 Å². The van der Waals surface area contributed by atoms with Gasteiger partial charge in [-0.2, -0.15) is 5.10 Å². The molecule has 1 aliphatic heterocycles. The summed E-state index contributed by atoms with van der Waals surface area (Å²) in [5.41, 5.74) is 5.44. The van der Waals surface area contributed by atoms with Crippen molar-refractivity contribution in [2.45, 2.75) is 26.1 Å². The summed E-state index contributed by atoms with van der Waals surface area (Å²) in [5.74, 6) is 0.920. The minimum absolute atomic E-state index is 0.729. The van der Waals surface area contributed by atoms with Crippen LogP contribution in [0.4, 0.5) is 0 Å². The first-order valence-corrected chi connectivity index (χ1v) is 8.74. The molecule has 4 rings (SSSR count). The molecule has 0 radical (unpaired) electrons. The highest BCUT2D eigenvalue weighted by molar-refractivity contribution is 5.38. The van der Waals surface area contributed by atoms with E-state index in [1.54, 1.807) is 7.11 Å². The second-order valence-electron chi connectivity index (χ2n) is 6.58. The molecule has 25 heavy (non-hydrogen) atoms. The van der Waals surface area contributed by atoms with Crippen LogP contribution in [0.1, 0.15) is 22.3 Å². The van der Waals surface area contributed by atoms with Gasteiger partial charge in [-0.15, -0.1) is 0 Å². The van der Waals surface area contributed by atoms with Gasteiger partial charge in [-0.1, -0.05) is 30.3 Å². The molecule has 0 bridgehead atoms. The van der Waals surface area contributed by atoms with Crippen molar-refractivity contribution >= 4 is 0 Å². The smallest absolute Gasteiger partial charge is 0.123 e. The molecule has 0 N–H and O–H groups in total. The quantitative estimate of drug-likeness (QED) is 0.716. The lowest BCUT2D eigenvalue weighted by molar-refractivity contribution is 0.245. The van der Waals surface area contributed by atoms with E-state index in [9.17, 15) is 0 Å². The van der Waals surface area contributed by atoms with Gasteiger partial charge in [-0.25, -0.2) is 0 Å². The highest BCUT2D eigenvalue weighted by Gasteiger charge is 2.16. The van der Waals surface area contributed by atoms with Gasteiger partial charge in [0.25, 0.3) is 0 Å². The van der Waals surface area contributed by atoms with Crippen LogP contribution in [0, 0.1) is 0 Å². The van der Waals surface area contributed by atoms with Crippen molar-refractivity contribution in [2.24, 2.45) is 0 Å². The number of aromatic nitrogens is 2. The van der Waals surface area contributed by atoms with Crippen LogP contribution < -0.4 is 4.74 Å². The van der Waals surface area contributed by atoms with Crippen LogP contribution in [0.2, 0.25) is 0 Å². The minimum Gasteiger partial charge on any atom is -0.496 e. The number of hydrogen-bond donors (Lipinski definition) is 0. The average molecular weight is 333 g/mol. The molecule has 128 valence electrons. The van der Waals surface area contributed by atoms with Gasteiger partial charge in [0, 0.05) is 37.6 Å². The summed E-state index contributed by atoms with van der Waals surface area (Å²) in [6.07, 6.45) is 4.92. The van der Waals surface area contributed by atoms with Crippen molar-refractivity contribution in [2.75, 3.05) is 13.7 Å². The van der Waals surface area contributed by atoms with Crippen molar-refractivity contribution in [3.8, 4) is 5.75 Å². The molecule has 4 heteroatoms. The van der Waals surface area contributed by atoms with Crippen molar-refractivity contribution < 1.29 is 4.74 Å². The lowest BCUT2D eigenvalue weighted by Crippen LogP contribution is -2.30. The summed E-state index contributed by atoms with van der Waals surface area (Å²) in [7, 11) is 1.73. The molecule has 0 saturated heterocycles. The lowest BCUT2D eigenvalue weighted by atomic mass is 9.99. The van der Waals surface area contributed by atoms with E-state index in [1.807, 2.05) is 23.1 Å². The molecule has 2 aromatic carbocycles. The molecule has 0 saturated carbocycles. The maximum Gasteiger partial charge on any atom is 0.123 e. The molecule has 0 atom stereocenters. The Morgan fingerprint density at radius 2 is 1.92 bits per heavy atom. The third-order valence-corrected chi connectivity index (χ3v) is 4.85. The van der Waals surface area contributed by atoms with Crippen molar-refractivity contribution in [3.05, 3.63) is 83.2 Å². The SMILES string of the molecule is COc1ccc(CN2CCc3ccccc3C2)cc1Cn1cccn1. The Labute approximate surface area is 148 Å². The average Bonchev–Trinajstić information content (AvgIpc) is 3.15.